The molecule has 1 amide bonds. The largest absolute Gasteiger partial charge is 0.332 e. The van der Waals surface area contributed by atoms with Gasteiger partial charge in [0.15, 0.2) is 0 Å². The van der Waals surface area contributed by atoms with Crippen LogP contribution in [-0.2, 0) is 4.79 Å². The summed E-state index contributed by atoms with van der Waals surface area (Å²) in [5.74, 6) is -0.675. The molecule has 3 aromatic carbocycles. The second kappa shape index (κ2) is 9.92. The van der Waals surface area contributed by atoms with Gasteiger partial charge in [-0.25, -0.2) is 0 Å². The van der Waals surface area contributed by atoms with Crippen molar-refractivity contribution in [3.8, 4) is 6.07 Å². The summed E-state index contributed by atoms with van der Waals surface area (Å²) in [4.78, 5) is 13.4. The van der Waals surface area contributed by atoms with E-state index in [9.17, 15) is 10.1 Å². The van der Waals surface area contributed by atoms with Crippen LogP contribution in [0.1, 0.15) is 0 Å². The number of nitrogens with two attached hydrogens (primary N) is 1. The van der Waals surface area contributed by atoms with Gasteiger partial charge in [0.2, 0.25) is 3.79 Å². The average molecular weight is 491 g/mol. The zero-order chi connectivity index (χ0) is 22.5. The number of hydrogen-bond donors (Lipinski definition) is 2. The first-order chi connectivity index (χ1) is 14.8. The average Bonchev–Trinajstić information content (AvgIpc) is 2.78. The third kappa shape index (κ3) is 4.83. The van der Waals surface area contributed by atoms with Crippen molar-refractivity contribution in [2.24, 2.45) is 5.73 Å². The molecule has 0 bridgehead atoms. The van der Waals surface area contributed by atoms with Crippen molar-refractivity contribution in [3.05, 3.63) is 91.0 Å². The van der Waals surface area contributed by atoms with Crippen LogP contribution in [0.2, 0.25) is 0 Å². The Balaban J connectivity index is 2.44. The summed E-state index contributed by atoms with van der Waals surface area (Å²) in [5.41, 5.74) is 5.87. The van der Waals surface area contributed by atoms with E-state index in [2.05, 4.69) is 11.4 Å². The number of benzene rings is 3. The van der Waals surface area contributed by atoms with Gasteiger partial charge >= 0.3 is 0 Å². The van der Waals surface area contributed by atoms with E-state index in [4.69, 9.17) is 40.5 Å². The van der Waals surface area contributed by atoms with Gasteiger partial charge in [-0.2, -0.15) is 5.26 Å². The van der Waals surface area contributed by atoms with Crippen molar-refractivity contribution in [2.45, 2.75) is 9.96 Å². The highest BCUT2D eigenvalue weighted by molar-refractivity contribution is 7.96. The predicted octanol–water partition coefficient (Wildman–Crippen LogP) is 3.45. The molecule has 0 heterocycles. The molecule has 0 radical (unpaired) electrons. The van der Waals surface area contributed by atoms with Crippen molar-refractivity contribution in [2.75, 3.05) is 0 Å². The normalized spacial score (nSPS) is 12.5. The number of nitriles is 1. The van der Waals surface area contributed by atoms with Gasteiger partial charge in [-0.05, 0) is 15.9 Å². The fourth-order valence-electron chi connectivity index (χ4n) is 3.36. The Morgan fingerprint density at radius 2 is 1.19 bits per heavy atom. The SMILES string of the molecule is N#CC(C(=O)N[C@H](N)C(Cl)(Cl)Cl)=P(c1ccccc1)(c1ccccc1)c1ccccc1. The lowest BCUT2D eigenvalue weighted by molar-refractivity contribution is -0.115. The van der Waals surface area contributed by atoms with Crippen molar-refractivity contribution >= 4 is 68.8 Å². The molecule has 0 aromatic heterocycles. The van der Waals surface area contributed by atoms with Crippen LogP contribution in [0, 0.1) is 11.3 Å². The number of carbonyl (C=O) groups is 1. The molecule has 4 nitrogen and oxygen atoms in total. The Bertz CT molecular complexity index is 1040. The molecule has 3 aromatic rings. The minimum absolute atomic E-state index is 0.0146. The topological polar surface area (TPSA) is 78.9 Å². The molecule has 0 aliphatic carbocycles. The molecule has 158 valence electrons. The molecule has 0 saturated carbocycles. The lowest BCUT2D eigenvalue weighted by atomic mass is 10.3. The number of hydrogen-bond acceptors (Lipinski definition) is 3. The molecule has 0 unspecified atom stereocenters. The van der Waals surface area contributed by atoms with Crippen LogP contribution in [-0.4, -0.2) is 21.2 Å². The molecule has 31 heavy (non-hydrogen) atoms. The van der Waals surface area contributed by atoms with Gasteiger partial charge in [0.25, 0.3) is 5.91 Å². The smallest absolute Gasteiger partial charge is 0.264 e. The summed E-state index contributed by atoms with van der Waals surface area (Å²) in [5, 5.41) is 15.3. The van der Waals surface area contributed by atoms with Gasteiger partial charge in [0.1, 0.15) is 17.5 Å². The number of nitrogens with one attached hydrogen (secondary N) is 1. The molecule has 0 saturated heterocycles. The highest BCUT2D eigenvalue weighted by Crippen LogP contribution is 2.46. The van der Waals surface area contributed by atoms with Crippen LogP contribution in [0.3, 0.4) is 0 Å². The second-order valence-electron chi connectivity index (χ2n) is 6.63. The van der Waals surface area contributed by atoms with E-state index in [-0.39, 0.29) is 5.29 Å². The van der Waals surface area contributed by atoms with Crippen LogP contribution in [0.15, 0.2) is 91.0 Å². The number of carbonyl (C=O) groups excluding carboxylic acids is 1. The third-order valence-electron chi connectivity index (χ3n) is 4.73. The molecule has 1 atom stereocenters. The summed E-state index contributed by atoms with van der Waals surface area (Å²) in [6, 6.07) is 30.7. The molecular weight excluding hydrogens is 472 g/mol. The van der Waals surface area contributed by atoms with Crippen LogP contribution < -0.4 is 27.0 Å². The molecule has 8 heteroatoms. The van der Waals surface area contributed by atoms with E-state index in [1.54, 1.807) is 0 Å². The Morgan fingerprint density at radius 1 is 0.839 bits per heavy atom. The number of amides is 1. The molecule has 0 aliphatic heterocycles. The Kier molecular flexibility index (Phi) is 7.49. The van der Waals surface area contributed by atoms with Crippen LogP contribution in [0.5, 0.6) is 0 Å². The van der Waals surface area contributed by atoms with E-state index in [0.29, 0.717) is 0 Å². The first-order valence-electron chi connectivity index (χ1n) is 9.28. The van der Waals surface area contributed by atoms with E-state index in [0.717, 1.165) is 15.9 Å². The van der Waals surface area contributed by atoms with E-state index in [1.165, 1.54) is 0 Å². The number of alkyl halides is 3. The van der Waals surface area contributed by atoms with Gasteiger partial charge in [0, 0.05) is 6.89 Å². The van der Waals surface area contributed by atoms with Crippen molar-refractivity contribution in [1.29, 1.82) is 5.26 Å². The fourth-order valence-corrected chi connectivity index (χ4v) is 7.57. The lowest BCUT2D eigenvalue weighted by Gasteiger charge is -2.30. The van der Waals surface area contributed by atoms with E-state index < -0.39 is 22.8 Å². The Hall–Kier alpha value is -2.25. The molecule has 3 rings (SSSR count). The van der Waals surface area contributed by atoms with Crippen molar-refractivity contribution < 1.29 is 4.79 Å². The van der Waals surface area contributed by atoms with Gasteiger partial charge in [-0.3, -0.25) is 4.79 Å². The highest BCUT2D eigenvalue weighted by atomic mass is 35.6. The minimum Gasteiger partial charge on any atom is -0.332 e. The standard InChI is InChI=1S/C23H19Cl3N3OP/c24-23(25,26)22(28)29-21(30)20(16-27)31(17-10-4-1-5-11-17,18-12-6-2-7-13-18)19-14-8-3-9-15-19/h1-15,22H,28H2,(H,29,30)/t22-/m0/s1. The van der Waals surface area contributed by atoms with Gasteiger partial charge < -0.3 is 11.1 Å². The fraction of sp³-hybridized carbons (Fsp3) is 0.0870. The molecule has 0 aliphatic rings. The minimum atomic E-state index is -2.87. The maximum Gasteiger partial charge on any atom is 0.264 e. The summed E-state index contributed by atoms with van der Waals surface area (Å²) in [6.45, 7) is -2.87. The first kappa shape index (κ1) is 23.4. The Labute approximate surface area is 196 Å². The van der Waals surface area contributed by atoms with Crippen molar-refractivity contribution in [3.63, 3.8) is 0 Å². The number of rotatable bonds is 5. The molecular formula is C23H19Cl3N3OP. The van der Waals surface area contributed by atoms with Crippen molar-refractivity contribution in [1.82, 2.24) is 5.32 Å². The predicted molar refractivity (Wildman–Crippen MR) is 132 cm³/mol. The number of nitrogens with zero attached hydrogens (tertiary/aromatic N) is 1. The van der Waals surface area contributed by atoms with E-state index in [1.807, 2.05) is 91.0 Å². The Morgan fingerprint density at radius 3 is 1.48 bits per heavy atom. The van der Waals surface area contributed by atoms with Gasteiger partial charge in [-0.15, -0.1) is 0 Å². The molecule has 3 N–H and O–H groups in total. The maximum absolute atomic E-state index is 13.4. The maximum atomic E-state index is 13.4. The van der Waals surface area contributed by atoms with Crippen LogP contribution >= 0.6 is 41.7 Å². The van der Waals surface area contributed by atoms with Crippen LogP contribution in [0.4, 0.5) is 0 Å². The van der Waals surface area contributed by atoms with Gasteiger partial charge in [0.05, 0.1) is 0 Å². The quantitative estimate of drug-likeness (QED) is 0.327. The monoisotopic (exact) mass is 489 g/mol. The van der Waals surface area contributed by atoms with E-state index >= 15 is 0 Å². The summed E-state index contributed by atoms with van der Waals surface area (Å²) in [6.07, 6.45) is -1.29. The highest BCUT2D eigenvalue weighted by Gasteiger charge is 2.36. The lowest BCUT2D eigenvalue weighted by Crippen LogP contribution is -2.52. The zero-order valence-electron chi connectivity index (χ0n) is 16.3. The molecule has 0 fully saturated rings. The first-order valence-corrected chi connectivity index (χ1v) is 12.2. The summed E-state index contributed by atoms with van der Waals surface area (Å²) in [7, 11) is 0. The zero-order valence-corrected chi connectivity index (χ0v) is 19.4. The van der Waals surface area contributed by atoms with Crippen LogP contribution in [0.25, 0.3) is 0 Å². The second-order valence-corrected chi connectivity index (χ2v) is 12.3. The summed E-state index contributed by atoms with van der Waals surface area (Å²) >= 11 is 17.5. The summed E-state index contributed by atoms with van der Waals surface area (Å²) < 4.78 is -1.93. The third-order valence-corrected chi connectivity index (χ3v) is 9.62. The van der Waals surface area contributed by atoms with Gasteiger partial charge in [-0.1, -0.05) is 126 Å². The molecule has 0 spiro atoms. The number of halogens is 3.